The molecule has 1 unspecified atom stereocenters. The Labute approximate surface area is 88.7 Å². The number of unbranched alkanes of at least 4 members (excludes halogenated alkanes) is 1. The molecule has 0 saturated heterocycles. The molecule has 0 heterocycles. The Hall–Kier alpha value is -1.42. The molecule has 0 aliphatic rings. The average Bonchev–Trinajstić information content (AvgIpc) is 2.26. The first-order valence-electron chi connectivity index (χ1n) is 5.07. The third-order valence-corrected chi connectivity index (χ3v) is 2.30. The van der Waals surface area contributed by atoms with E-state index in [9.17, 15) is 15.2 Å². The molecule has 4 nitrogen and oxygen atoms in total. The smallest absolute Gasteiger partial charge is 0.269 e. The van der Waals surface area contributed by atoms with Crippen LogP contribution in [0.2, 0.25) is 0 Å². The van der Waals surface area contributed by atoms with Crippen LogP contribution in [-0.4, -0.2) is 10.0 Å². The molecule has 0 amide bonds. The maximum absolute atomic E-state index is 10.5. The second kappa shape index (κ2) is 5.46. The summed E-state index contributed by atoms with van der Waals surface area (Å²) < 4.78 is 0. The molecular formula is C11H15NO3. The topological polar surface area (TPSA) is 63.4 Å². The molecule has 0 aliphatic carbocycles. The van der Waals surface area contributed by atoms with Crippen LogP contribution >= 0.6 is 0 Å². The first kappa shape index (κ1) is 11.7. The Morgan fingerprint density at radius 2 is 2.27 bits per heavy atom. The van der Waals surface area contributed by atoms with Crippen LogP contribution in [0.1, 0.15) is 37.9 Å². The highest BCUT2D eigenvalue weighted by Crippen LogP contribution is 2.22. The number of non-ortho nitro benzene ring substituents is 1. The molecule has 0 spiro atoms. The highest BCUT2D eigenvalue weighted by molar-refractivity contribution is 5.35. The van der Waals surface area contributed by atoms with E-state index in [0.29, 0.717) is 12.0 Å². The maximum Gasteiger partial charge on any atom is 0.269 e. The zero-order valence-electron chi connectivity index (χ0n) is 8.72. The molecule has 0 aliphatic heterocycles. The lowest BCUT2D eigenvalue weighted by molar-refractivity contribution is -0.385. The van der Waals surface area contributed by atoms with Crippen LogP contribution in [-0.2, 0) is 0 Å². The summed E-state index contributed by atoms with van der Waals surface area (Å²) >= 11 is 0. The van der Waals surface area contributed by atoms with Gasteiger partial charge in [0, 0.05) is 12.1 Å². The average molecular weight is 209 g/mol. The van der Waals surface area contributed by atoms with Crippen LogP contribution < -0.4 is 0 Å². The van der Waals surface area contributed by atoms with Crippen molar-refractivity contribution in [2.75, 3.05) is 0 Å². The number of rotatable bonds is 5. The Kier molecular flexibility index (Phi) is 4.24. The molecule has 1 N–H and O–H groups in total. The van der Waals surface area contributed by atoms with Gasteiger partial charge in [0.1, 0.15) is 0 Å². The summed E-state index contributed by atoms with van der Waals surface area (Å²) in [6.45, 7) is 2.04. The van der Waals surface area contributed by atoms with Crippen molar-refractivity contribution in [3.8, 4) is 0 Å². The summed E-state index contributed by atoms with van der Waals surface area (Å²) in [7, 11) is 0. The van der Waals surface area contributed by atoms with E-state index in [1.165, 1.54) is 12.1 Å². The van der Waals surface area contributed by atoms with Gasteiger partial charge in [-0.2, -0.15) is 0 Å². The fourth-order valence-corrected chi connectivity index (χ4v) is 1.41. The summed E-state index contributed by atoms with van der Waals surface area (Å²) in [5.41, 5.74) is 0.653. The van der Waals surface area contributed by atoms with E-state index in [2.05, 4.69) is 0 Å². The molecule has 15 heavy (non-hydrogen) atoms. The minimum absolute atomic E-state index is 0.0306. The highest BCUT2D eigenvalue weighted by atomic mass is 16.6. The van der Waals surface area contributed by atoms with Crippen LogP contribution in [0.4, 0.5) is 5.69 Å². The summed E-state index contributed by atoms with van der Waals surface area (Å²) in [6, 6.07) is 6.17. The standard InChI is InChI=1S/C11H15NO3/c1-2-3-7-11(13)9-5-4-6-10(8-9)12(14)15/h4-6,8,11,13H,2-3,7H2,1H3. The number of nitrogens with zero attached hydrogens (tertiary/aromatic N) is 1. The summed E-state index contributed by atoms with van der Waals surface area (Å²) in [4.78, 5) is 10.1. The lowest BCUT2D eigenvalue weighted by Gasteiger charge is -2.09. The lowest BCUT2D eigenvalue weighted by atomic mass is 10.0. The first-order valence-corrected chi connectivity index (χ1v) is 5.07. The van der Waals surface area contributed by atoms with Crippen LogP contribution in [0.15, 0.2) is 24.3 Å². The van der Waals surface area contributed by atoms with Gasteiger partial charge in [-0.15, -0.1) is 0 Å². The van der Waals surface area contributed by atoms with Crippen LogP contribution in [0.3, 0.4) is 0 Å². The van der Waals surface area contributed by atoms with E-state index >= 15 is 0 Å². The zero-order chi connectivity index (χ0) is 11.3. The van der Waals surface area contributed by atoms with Gasteiger partial charge >= 0.3 is 0 Å². The number of hydrogen-bond donors (Lipinski definition) is 1. The van der Waals surface area contributed by atoms with Crippen molar-refractivity contribution < 1.29 is 10.0 Å². The van der Waals surface area contributed by atoms with Crippen molar-refractivity contribution >= 4 is 5.69 Å². The van der Waals surface area contributed by atoms with Gasteiger partial charge < -0.3 is 5.11 Å². The summed E-state index contributed by atoms with van der Waals surface area (Å²) in [5, 5.41) is 20.2. The molecule has 0 radical (unpaired) electrons. The lowest BCUT2D eigenvalue weighted by Crippen LogP contribution is -1.98. The summed E-state index contributed by atoms with van der Waals surface area (Å²) in [6.07, 6.45) is 1.98. The number of aliphatic hydroxyl groups excluding tert-OH is 1. The van der Waals surface area contributed by atoms with Crippen LogP contribution in [0.25, 0.3) is 0 Å². The minimum atomic E-state index is -0.593. The number of benzene rings is 1. The highest BCUT2D eigenvalue weighted by Gasteiger charge is 2.11. The van der Waals surface area contributed by atoms with Crippen molar-refractivity contribution in [1.82, 2.24) is 0 Å². The number of hydrogen-bond acceptors (Lipinski definition) is 3. The Balaban J connectivity index is 2.76. The van der Waals surface area contributed by atoms with E-state index in [0.717, 1.165) is 12.8 Å². The predicted octanol–water partition coefficient (Wildman–Crippen LogP) is 2.82. The van der Waals surface area contributed by atoms with Gasteiger partial charge in [-0.05, 0) is 12.0 Å². The number of aliphatic hydroxyl groups is 1. The molecule has 0 saturated carbocycles. The fourth-order valence-electron chi connectivity index (χ4n) is 1.41. The third-order valence-electron chi connectivity index (χ3n) is 2.30. The van der Waals surface area contributed by atoms with Gasteiger partial charge in [0.2, 0.25) is 0 Å². The summed E-state index contributed by atoms with van der Waals surface area (Å²) in [5.74, 6) is 0. The largest absolute Gasteiger partial charge is 0.388 e. The van der Waals surface area contributed by atoms with E-state index in [1.54, 1.807) is 12.1 Å². The Morgan fingerprint density at radius 3 is 2.87 bits per heavy atom. The van der Waals surface area contributed by atoms with E-state index in [1.807, 2.05) is 6.92 Å². The van der Waals surface area contributed by atoms with Gasteiger partial charge in [0.25, 0.3) is 5.69 Å². The first-order chi connectivity index (χ1) is 7.15. The van der Waals surface area contributed by atoms with Gasteiger partial charge in [-0.25, -0.2) is 0 Å². The molecule has 82 valence electrons. The van der Waals surface area contributed by atoms with E-state index < -0.39 is 11.0 Å². The SMILES string of the molecule is CCCCC(O)c1cccc([N+](=O)[O-])c1. The molecule has 0 bridgehead atoms. The molecule has 1 rings (SSSR count). The van der Waals surface area contributed by atoms with Crippen molar-refractivity contribution in [1.29, 1.82) is 0 Å². The van der Waals surface area contributed by atoms with Gasteiger partial charge in [-0.1, -0.05) is 31.9 Å². The fraction of sp³-hybridized carbons (Fsp3) is 0.455. The monoisotopic (exact) mass is 209 g/mol. The zero-order valence-corrected chi connectivity index (χ0v) is 8.72. The van der Waals surface area contributed by atoms with Gasteiger partial charge in [0.15, 0.2) is 0 Å². The van der Waals surface area contributed by atoms with Crippen LogP contribution in [0, 0.1) is 10.1 Å². The third kappa shape index (κ3) is 3.32. The Bertz CT molecular complexity index is 338. The van der Waals surface area contributed by atoms with Crippen LogP contribution in [0.5, 0.6) is 0 Å². The molecule has 4 heteroatoms. The van der Waals surface area contributed by atoms with Crippen molar-refractivity contribution in [3.05, 3.63) is 39.9 Å². The quantitative estimate of drug-likeness (QED) is 0.599. The van der Waals surface area contributed by atoms with Crippen molar-refractivity contribution in [3.63, 3.8) is 0 Å². The number of nitro groups is 1. The number of nitro benzene ring substituents is 1. The second-order valence-electron chi connectivity index (χ2n) is 3.51. The minimum Gasteiger partial charge on any atom is -0.388 e. The molecule has 0 fully saturated rings. The second-order valence-corrected chi connectivity index (χ2v) is 3.51. The maximum atomic E-state index is 10.5. The van der Waals surface area contributed by atoms with Gasteiger partial charge in [0.05, 0.1) is 11.0 Å². The molecule has 0 aromatic heterocycles. The van der Waals surface area contributed by atoms with Gasteiger partial charge in [-0.3, -0.25) is 10.1 Å². The Morgan fingerprint density at radius 1 is 1.53 bits per heavy atom. The predicted molar refractivity (Wildman–Crippen MR) is 57.6 cm³/mol. The normalized spacial score (nSPS) is 12.4. The van der Waals surface area contributed by atoms with E-state index in [-0.39, 0.29) is 5.69 Å². The molecular weight excluding hydrogens is 194 g/mol. The van der Waals surface area contributed by atoms with E-state index in [4.69, 9.17) is 0 Å². The molecule has 1 aromatic rings. The van der Waals surface area contributed by atoms with Crippen molar-refractivity contribution in [2.45, 2.75) is 32.3 Å². The molecule has 1 aromatic carbocycles. The van der Waals surface area contributed by atoms with Crippen molar-refractivity contribution in [2.24, 2.45) is 0 Å². The molecule has 1 atom stereocenters.